The Morgan fingerprint density at radius 3 is 2.46 bits per heavy atom. The lowest BCUT2D eigenvalue weighted by molar-refractivity contribution is 0.150. The normalized spacial score (nSPS) is 10.9. The molecule has 0 fully saturated rings. The zero-order valence-electron chi connectivity index (χ0n) is 7.44. The highest BCUT2D eigenvalue weighted by Crippen LogP contribution is 2.24. The Hall–Kier alpha value is -0.700. The minimum absolute atomic E-state index is 0.0266. The number of hydrogen-bond donors (Lipinski definition) is 0. The molecule has 0 unspecified atom stereocenters. The van der Waals surface area contributed by atoms with Crippen LogP contribution < -0.4 is 0 Å². The quantitative estimate of drug-likeness (QED) is 0.675. The number of aromatic nitrogens is 1. The van der Waals surface area contributed by atoms with Crippen molar-refractivity contribution >= 4 is 11.6 Å². The van der Waals surface area contributed by atoms with E-state index in [9.17, 15) is 8.78 Å². The molecule has 1 rings (SSSR count). The Balaban J connectivity index is 3.22. The lowest BCUT2D eigenvalue weighted by Crippen LogP contribution is -1.99. The molecule has 1 aromatic heterocycles. The Bertz CT molecular complexity index is 313. The summed E-state index contributed by atoms with van der Waals surface area (Å²) in [7, 11) is 0. The molecule has 0 aliphatic heterocycles. The second kappa shape index (κ2) is 4.01. The van der Waals surface area contributed by atoms with Gasteiger partial charge in [-0.1, -0.05) is 0 Å². The summed E-state index contributed by atoms with van der Waals surface area (Å²) in [5.41, 5.74) is 1.74. The number of rotatable bonds is 2. The Morgan fingerprint density at radius 1 is 1.38 bits per heavy atom. The van der Waals surface area contributed by atoms with Gasteiger partial charge in [0, 0.05) is 22.8 Å². The molecule has 0 aromatic carbocycles. The molecule has 0 amide bonds. The summed E-state index contributed by atoms with van der Waals surface area (Å²) in [6, 6.07) is 1.43. The summed E-state index contributed by atoms with van der Waals surface area (Å²) in [4.78, 5) is 4.00. The topological polar surface area (TPSA) is 12.9 Å². The molecule has 0 spiro atoms. The number of nitrogens with zero attached hydrogens (tertiary/aromatic N) is 1. The number of halogens is 3. The van der Waals surface area contributed by atoms with Crippen LogP contribution in [0.2, 0.25) is 0 Å². The van der Waals surface area contributed by atoms with Gasteiger partial charge < -0.3 is 0 Å². The van der Waals surface area contributed by atoms with Gasteiger partial charge in [-0.15, -0.1) is 11.6 Å². The lowest BCUT2D eigenvalue weighted by Gasteiger charge is -2.08. The van der Waals surface area contributed by atoms with Crippen LogP contribution in [0.1, 0.15) is 28.9 Å². The largest absolute Gasteiger partial charge is 0.265 e. The van der Waals surface area contributed by atoms with Crippen molar-refractivity contribution in [3.63, 3.8) is 0 Å². The molecule has 1 nitrogen and oxygen atoms in total. The molecule has 1 heterocycles. The summed E-state index contributed by atoms with van der Waals surface area (Å²) in [6.45, 7) is 3.34. The third-order valence-corrected chi connectivity index (χ3v) is 2.21. The minimum Gasteiger partial charge on any atom is -0.258 e. The molecule has 72 valence electrons. The predicted octanol–water partition coefficient (Wildman–Crippen LogP) is 3.37. The summed E-state index contributed by atoms with van der Waals surface area (Å²) in [6.07, 6.45) is -2.48. The maximum absolute atomic E-state index is 12.4. The van der Waals surface area contributed by atoms with Crippen LogP contribution in [0.5, 0.6) is 0 Å². The maximum atomic E-state index is 12.4. The number of alkyl halides is 3. The number of hydrogen-bond acceptors (Lipinski definition) is 1. The molecule has 0 bridgehead atoms. The fourth-order valence-corrected chi connectivity index (χ4v) is 1.41. The van der Waals surface area contributed by atoms with Crippen LogP contribution in [0.25, 0.3) is 0 Å². The van der Waals surface area contributed by atoms with Gasteiger partial charge in [0.15, 0.2) is 0 Å². The van der Waals surface area contributed by atoms with Crippen LogP contribution in [0.15, 0.2) is 6.07 Å². The molecule has 1 aromatic rings. The van der Waals surface area contributed by atoms with Gasteiger partial charge in [-0.25, -0.2) is 8.78 Å². The van der Waals surface area contributed by atoms with Gasteiger partial charge in [-0.3, -0.25) is 4.98 Å². The lowest BCUT2D eigenvalue weighted by atomic mass is 10.1. The Kier molecular flexibility index (Phi) is 3.20. The van der Waals surface area contributed by atoms with Gasteiger partial charge in [-0.05, 0) is 25.5 Å². The van der Waals surface area contributed by atoms with E-state index in [2.05, 4.69) is 4.98 Å². The minimum atomic E-state index is -2.48. The first-order valence-electron chi connectivity index (χ1n) is 3.87. The third kappa shape index (κ3) is 2.15. The van der Waals surface area contributed by atoms with E-state index in [1.54, 1.807) is 13.8 Å². The smallest absolute Gasteiger partial charge is 0.258 e. The summed E-state index contributed by atoms with van der Waals surface area (Å²) in [5.74, 6) is 0.221. The van der Waals surface area contributed by atoms with Gasteiger partial charge in [-0.2, -0.15) is 0 Å². The monoisotopic (exact) mass is 205 g/mol. The van der Waals surface area contributed by atoms with Gasteiger partial charge >= 0.3 is 0 Å². The first kappa shape index (κ1) is 10.4. The van der Waals surface area contributed by atoms with Crippen molar-refractivity contribution in [3.05, 3.63) is 28.6 Å². The molecule has 0 atom stereocenters. The van der Waals surface area contributed by atoms with Crippen molar-refractivity contribution in [3.8, 4) is 0 Å². The molecule has 0 N–H and O–H groups in total. The van der Waals surface area contributed by atoms with Crippen LogP contribution >= 0.6 is 11.6 Å². The highest BCUT2D eigenvalue weighted by atomic mass is 35.5. The van der Waals surface area contributed by atoms with Gasteiger partial charge in [0.25, 0.3) is 6.43 Å². The summed E-state index contributed by atoms with van der Waals surface area (Å²) >= 11 is 5.58. The van der Waals surface area contributed by atoms with Crippen molar-refractivity contribution in [2.45, 2.75) is 26.2 Å². The maximum Gasteiger partial charge on any atom is 0.265 e. The van der Waals surface area contributed by atoms with E-state index >= 15 is 0 Å². The Morgan fingerprint density at radius 2 is 2.00 bits per heavy atom. The van der Waals surface area contributed by atoms with E-state index in [0.717, 1.165) is 5.69 Å². The van der Waals surface area contributed by atoms with E-state index in [-0.39, 0.29) is 11.4 Å². The zero-order chi connectivity index (χ0) is 10.0. The van der Waals surface area contributed by atoms with E-state index in [4.69, 9.17) is 11.6 Å². The molecule has 0 radical (unpaired) electrons. The second-order valence-electron chi connectivity index (χ2n) is 2.84. The highest BCUT2D eigenvalue weighted by Gasteiger charge is 2.13. The molecule has 4 heteroatoms. The zero-order valence-corrected chi connectivity index (χ0v) is 8.20. The average Bonchev–Trinajstić information content (AvgIpc) is 2.03. The van der Waals surface area contributed by atoms with Crippen molar-refractivity contribution in [1.29, 1.82) is 0 Å². The SMILES string of the molecule is Cc1nc(C)c(C(F)F)cc1CCl. The van der Waals surface area contributed by atoms with Crippen LogP contribution in [0.4, 0.5) is 8.78 Å². The fraction of sp³-hybridized carbons (Fsp3) is 0.444. The van der Waals surface area contributed by atoms with E-state index < -0.39 is 6.43 Å². The van der Waals surface area contributed by atoms with Crippen LogP contribution in [0.3, 0.4) is 0 Å². The predicted molar refractivity (Wildman–Crippen MR) is 48.2 cm³/mol. The van der Waals surface area contributed by atoms with E-state index in [1.807, 2.05) is 0 Å². The van der Waals surface area contributed by atoms with Crippen molar-refractivity contribution in [2.24, 2.45) is 0 Å². The van der Waals surface area contributed by atoms with E-state index in [1.165, 1.54) is 6.07 Å². The van der Waals surface area contributed by atoms with E-state index in [0.29, 0.717) is 11.3 Å². The molecular weight excluding hydrogens is 196 g/mol. The highest BCUT2D eigenvalue weighted by molar-refractivity contribution is 6.17. The average molecular weight is 206 g/mol. The van der Waals surface area contributed by atoms with Crippen molar-refractivity contribution in [2.75, 3.05) is 0 Å². The molecule has 13 heavy (non-hydrogen) atoms. The molecule has 0 aliphatic carbocycles. The summed E-state index contributed by atoms with van der Waals surface area (Å²) in [5, 5.41) is 0. The third-order valence-electron chi connectivity index (χ3n) is 1.93. The van der Waals surface area contributed by atoms with Gasteiger partial charge in [0.05, 0.1) is 0 Å². The van der Waals surface area contributed by atoms with Crippen LogP contribution in [-0.2, 0) is 5.88 Å². The van der Waals surface area contributed by atoms with Crippen molar-refractivity contribution in [1.82, 2.24) is 4.98 Å². The van der Waals surface area contributed by atoms with Crippen molar-refractivity contribution < 1.29 is 8.78 Å². The standard InChI is InChI=1S/C9H10ClF2N/c1-5-7(4-10)3-8(9(11)12)6(2)13-5/h3,9H,4H2,1-2H3. The number of pyridine rings is 1. The van der Waals surface area contributed by atoms with Crippen LogP contribution in [-0.4, -0.2) is 4.98 Å². The molecule has 0 aliphatic rings. The van der Waals surface area contributed by atoms with Gasteiger partial charge in [0.1, 0.15) is 0 Å². The number of aryl methyl sites for hydroxylation is 2. The van der Waals surface area contributed by atoms with Gasteiger partial charge in [0.2, 0.25) is 0 Å². The molecule has 0 saturated carbocycles. The first-order valence-corrected chi connectivity index (χ1v) is 4.41. The Labute approximate surface area is 80.7 Å². The first-order chi connectivity index (χ1) is 6.06. The molecule has 0 saturated heterocycles. The molecular formula is C9H10ClF2N. The summed E-state index contributed by atoms with van der Waals surface area (Å²) < 4.78 is 24.8. The van der Waals surface area contributed by atoms with Crippen LogP contribution in [0, 0.1) is 13.8 Å². The fourth-order valence-electron chi connectivity index (χ4n) is 1.14. The second-order valence-corrected chi connectivity index (χ2v) is 3.11.